The SMILES string of the molecule is CCc1ccc(C(=O)Nc2c(Cl)cccc2Cl)cc1OC1CCCC1. The van der Waals surface area contributed by atoms with Crippen LogP contribution in [0.5, 0.6) is 5.75 Å². The maximum Gasteiger partial charge on any atom is 0.255 e. The third kappa shape index (κ3) is 4.28. The standard InChI is InChI=1S/C20H21Cl2NO2/c1-2-13-10-11-14(12-18(13)25-15-6-3-4-7-15)20(24)23-19-16(21)8-5-9-17(19)22/h5,8-12,15H,2-4,6-7H2,1H3,(H,23,24). The van der Waals surface area contributed by atoms with Gasteiger partial charge in [0.2, 0.25) is 0 Å². The summed E-state index contributed by atoms with van der Waals surface area (Å²) in [4.78, 5) is 12.6. The number of ether oxygens (including phenoxy) is 1. The van der Waals surface area contributed by atoms with Crippen molar-refractivity contribution in [1.29, 1.82) is 0 Å². The summed E-state index contributed by atoms with van der Waals surface area (Å²) in [7, 11) is 0. The van der Waals surface area contributed by atoms with E-state index in [1.807, 2.05) is 12.1 Å². The van der Waals surface area contributed by atoms with Gasteiger partial charge in [0.25, 0.3) is 5.91 Å². The first-order chi connectivity index (χ1) is 12.1. The molecule has 1 aliphatic rings. The third-order valence-corrected chi connectivity index (χ3v) is 5.14. The predicted molar refractivity (Wildman–Crippen MR) is 103 cm³/mol. The van der Waals surface area contributed by atoms with E-state index in [1.54, 1.807) is 24.3 Å². The predicted octanol–water partition coefficient (Wildman–Crippen LogP) is 6.13. The van der Waals surface area contributed by atoms with Gasteiger partial charge in [0.15, 0.2) is 0 Å². The molecule has 5 heteroatoms. The smallest absolute Gasteiger partial charge is 0.255 e. The molecule has 3 nitrogen and oxygen atoms in total. The van der Waals surface area contributed by atoms with Crippen LogP contribution in [-0.2, 0) is 6.42 Å². The average Bonchev–Trinajstić information content (AvgIpc) is 3.11. The van der Waals surface area contributed by atoms with Gasteiger partial charge in [0.1, 0.15) is 5.75 Å². The van der Waals surface area contributed by atoms with E-state index < -0.39 is 0 Å². The Morgan fingerprint density at radius 1 is 1.16 bits per heavy atom. The lowest BCUT2D eigenvalue weighted by Gasteiger charge is -2.17. The fraction of sp³-hybridized carbons (Fsp3) is 0.350. The molecule has 2 aromatic carbocycles. The average molecular weight is 378 g/mol. The summed E-state index contributed by atoms with van der Waals surface area (Å²) in [6.07, 6.45) is 5.68. The van der Waals surface area contributed by atoms with Crippen LogP contribution in [0, 0.1) is 0 Å². The summed E-state index contributed by atoms with van der Waals surface area (Å²) in [6.45, 7) is 2.08. The molecule has 1 N–H and O–H groups in total. The number of hydrogen-bond acceptors (Lipinski definition) is 2. The van der Waals surface area contributed by atoms with Gasteiger partial charge in [-0.3, -0.25) is 4.79 Å². The molecule has 0 aliphatic heterocycles. The van der Waals surface area contributed by atoms with Crippen LogP contribution in [0.25, 0.3) is 0 Å². The van der Waals surface area contributed by atoms with E-state index in [9.17, 15) is 4.79 Å². The first-order valence-corrected chi connectivity index (χ1v) is 9.39. The number of aryl methyl sites for hydroxylation is 1. The fourth-order valence-corrected chi connectivity index (χ4v) is 3.58. The van der Waals surface area contributed by atoms with Gasteiger partial charge < -0.3 is 10.1 Å². The van der Waals surface area contributed by atoms with Crippen LogP contribution in [0.3, 0.4) is 0 Å². The highest BCUT2D eigenvalue weighted by molar-refractivity contribution is 6.40. The lowest BCUT2D eigenvalue weighted by molar-refractivity contribution is 0.102. The van der Waals surface area contributed by atoms with Gasteiger partial charge in [-0.25, -0.2) is 0 Å². The number of amides is 1. The van der Waals surface area contributed by atoms with Gasteiger partial charge in [-0.05, 0) is 61.9 Å². The molecular formula is C20H21Cl2NO2. The number of anilines is 1. The number of rotatable bonds is 5. The van der Waals surface area contributed by atoms with E-state index in [1.165, 1.54) is 12.8 Å². The Balaban J connectivity index is 1.82. The first kappa shape index (κ1) is 18.1. The normalized spacial score (nSPS) is 14.5. The molecule has 0 saturated heterocycles. The summed E-state index contributed by atoms with van der Waals surface area (Å²) in [6, 6.07) is 10.7. The second kappa shape index (κ2) is 8.11. The first-order valence-electron chi connectivity index (χ1n) is 8.63. The zero-order valence-corrected chi connectivity index (χ0v) is 15.7. The Bertz CT molecular complexity index is 750. The van der Waals surface area contributed by atoms with Crippen molar-refractivity contribution in [1.82, 2.24) is 0 Å². The van der Waals surface area contributed by atoms with Crippen molar-refractivity contribution < 1.29 is 9.53 Å². The molecule has 1 saturated carbocycles. The van der Waals surface area contributed by atoms with Crippen LogP contribution in [-0.4, -0.2) is 12.0 Å². The van der Waals surface area contributed by atoms with Gasteiger partial charge in [-0.1, -0.05) is 42.3 Å². The van der Waals surface area contributed by atoms with Gasteiger partial charge in [0.05, 0.1) is 21.8 Å². The van der Waals surface area contributed by atoms with Crippen LogP contribution in [0.1, 0.15) is 48.5 Å². The molecule has 0 unspecified atom stereocenters. The largest absolute Gasteiger partial charge is 0.490 e. The van der Waals surface area contributed by atoms with Gasteiger partial charge in [-0.15, -0.1) is 0 Å². The molecule has 25 heavy (non-hydrogen) atoms. The van der Waals surface area contributed by atoms with E-state index in [0.717, 1.165) is 30.6 Å². The van der Waals surface area contributed by atoms with Crippen molar-refractivity contribution in [3.8, 4) is 5.75 Å². The minimum atomic E-state index is -0.256. The molecule has 132 valence electrons. The highest BCUT2D eigenvalue weighted by Gasteiger charge is 2.19. The topological polar surface area (TPSA) is 38.3 Å². The summed E-state index contributed by atoms with van der Waals surface area (Å²) in [5.74, 6) is 0.543. The Kier molecular flexibility index (Phi) is 5.87. The van der Waals surface area contributed by atoms with Crippen LogP contribution < -0.4 is 10.1 Å². The van der Waals surface area contributed by atoms with Gasteiger partial charge >= 0.3 is 0 Å². The number of benzene rings is 2. The van der Waals surface area contributed by atoms with E-state index in [-0.39, 0.29) is 12.0 Å². The van der Waals surface area contributed by atoms with Gasteiger partial charge in [-0.2, -0.15) is 0 Å². The Labute approximate surface area is 158 Å². The summed E-state index contributed by atoms with van der Waals surface area (Å²) in [5.41, 5.74) is 2.06. The van der Waals surface area contributed by atoms with E-state index in [2.05, 4.69) is 12.2 Å². The monoisotopic (exact) mass is 377 g/mol. The second-order valence-electron chi connectivity index (χ2n) is 6.25. The molecule has 3 rings (SSSR count). The van der Waals surface area contributed by atoms with Crippen LogP contribution in [0.15, 0.2) is 36.4 Å². The van der Waals surface area contributed by atoms with Crippen molar-refractivity contribution in [2.24, 2.45) is 0 Å². The zero-order valence-electron chi connectivity index (χ0n) is 14.1. The highest BCUT2D eigenvalue weighted by Crippen LogP contribution is 2.31. The number of nitrogens with one attached hydrogen (secondary N) is 1. The van der Waals surface area contributed by atoms with E-state index in [4.69, 9.17) is 27.9 Å². The molecule has 1 aliphatic carbocycles. The number of halogens is 2. The second-order valence-corrected chi connectivity index (χ2v) is 7.07. The molecule has 0 bridgehead atoms. The summed E-state index contributed by atoms with van der Waals surface area (Å²) in [5, 5.41) is 3.62. The number of para-hydroxylation sites is 1. The lowest BCUT2D eigenvalue weighted by Crippen LogP contribution is -2.15. The van der Waals surface area contributed by atoms with Crippen molar-refractivity contribution >= 4 is 34.8 Å². The fourth-order valence-electron chi connectivity index (χ4n) is 3.09. The molecule has 0 atom stereocenters. The highest BCUT2D eigenvalue weighted by atomic mass is 35.5. The molecule has 0 radical (unpaired) electrons. The summed E-state index contributed by atoms with van der Waals surface area (Å²) < 4.78 is 6.15. The molecule has 2 aromatic rings. The van der Waals surface area contributed by atoms with Gasteiger partial charge in [0, 0.05) is 5.56 Å². The minimum Gasteiger partial charge on any atom is -0.490 e. The van der Waals surface area contributed by atoms with Crippen LogP contribution in [0.2, 0.25) is 10.0 Å². The summed E-state index contributed by atoms with van der Waals surface area (Å²) >= 11 is 12.3. The Hall–Kier alpha value is -1.71. The van der Waals surface area contributed by atoms with E-state index in [0.29, 0.717) is 21.3 Å². The van der Waals surface area contributed by atoms with Crippen molar-refractivity contribution in [2.75, 3.05) is 5.32 Å². The molecule has 0 heterocycles. The third-order valence-electron chi connectivity index (χ3n) is 4.51. The molecule has 0 spiro atoms. The minimum absolute atomic E-state index is 0.252. The Morgan fingerprint density at radius 2 is 1.84 bits per heavy atom. The van der Waals surface area contributed by atoms with Crippen molar-refractivity contribution in [3.63, 3.8) is 0 Å². The number of hydrogen-bond donors (Lipinski definition) is 1. The van der Waals surface area contributed by atoms with Crippen LogP contribution in [0.4, 0.5) is 5.69 Å². The van der Waals surface area contributed by atoms with Crippen molar-refractivity contribution in [2.45, 2.75) is 45.1 Å². The maximum absolute atomic E-state index is 12.6. The zero-order chi connectivity index (χ0) is 17.8. The maximum atomic E-state index is 12.6. The Morgan fingerprint density at radius 3 is 2.48 bits per heavy atom. The van der Waals surface area contributed by atoms with Crippen molar-refractivity contribution in [3.05, 3.63) is 57.6 Å². The number of carbonyl (C=O) groups is 1. The lowest BCUT2D eigenvalue weighted by atomic mass is 10.1. The quantitative estimate of drug-likeness (QED) is 0.680. The van der Waals surface area contributed by atoms with Crippen LogP contribution >= 0.6 is 23.2 Å². The molecule has 1 amide bonds. The van der Waals surface area contributed by atoms with E-state index >= 15 is 0 Å². The number of carbonyl (C=O) groups excluding carboxylic acids is 1. The molecular weight excluding hydrogens is 357 g/mol. The molecule has 1 fully saturated rings. The molecule has 0 aromatic heterocycles.